The lowest BCUT2D eigenvalue weighted by Gasteiger charge is -2.06. The Morgan fingerprint density at radius 1 is 1.22 bits per heavy atom. The zero-order valence-electron chi connectivity index (χ0n) is 10.5. The molecule has 2 atom stereocenters. The van der Waals surface area contributed by atoms with Crippen molar-refractivity contribution in [3.8, 4) is 0 Å². The van der Waals surface area contributed by atoms with Gasteiger partial charge in [-0.3, -0.25) is 4.79 Å². The molecule has 94 valence electrons. The highest BCUT2D eigenvalue weighted by Crippen LogP contribution is 2.42. The lowest BCUT2D eigenvalue weighted by Crippen LogP contribution is -2.01. The number of aldehydes is 1. The molecule has 1 saturated carbocycles. The average molecular weight is 242 g/mol. The van der Waals surface area contributed by atoms with Gasteiger partial charge in [0.15, 0.2) is 0 Å². The fraction of sp³-hybridized carbons (Fsp3) is 0.267. The van der Waals surface area contributed by atoms with Gasteiger partial charge in [0.25, 0.3) is 0 Å². The van der Waals surface area contributed by atoms with E-state index >= 15 is 0 Å². The predicted molar refractivity (Wildman–Crippen MR) is 74.8 cm³/mol. The summed E-state index contributed by atoms with van der Waals surface area (Å²) in [4.78, 5) is 10.9. The highest BCUT2D eigenvalue weighted by atomic mass is 16.1. The van der Waals surface area contributed by atoms with E-state index in [1.807, 2.05) is 30.3 Å². The van der Waals surface area contributed by atoms with Crippen LogP contribution in [0.2, 0.25) is 0 Å². The second-order valence-electron chi connectivity index (χ2n) is 4.46. The van der Waals surface area contributed by atoms with Gasteiger partial charge < -0.3 is 11.5 Å². The van der Waals surface area contributed by atoms with Gasteiger partial charge in [-0.15, -0.1) is 0 Å². The maximum atomic E-state index is 10.9. The standard InChI is InChI=1S/C14H13NO.CH5N/c15-14-7-13(14)12-6-9(8-16)5-10-3-1-2-4-11(10)12;1-2/h1-6,8,13-14H,7,15H2;2H2,1H3. The molecule has 0 spiro atoms. The molecule has 0 heterocycles. The summed E-state index contributed by atoms with van der Waals surface area (Å²) < 4.78 is 0. The van der Waals surface area contributed by atoms with E-state index in [9.17, 15) is 4.79 Å². The van der Waals surface area contributed by atoms with Crippen LogP contribution in [0.3, 0.4) is 0 Å². The highest BCUT2D eigenvalue weighted by molar-refractivity contribution is 5.92. The molecule has 3 nitrogen and oxygen atoms in total. The van der Waals surface area contributed by atoms with Crippen molar-refractivity contribution in [3.05, 3.63) is 47.5 Å². The minimum Gasteiger partial charge on any atom is -0.333 e. The topological polar surface area (TPSA) is 69.1 Å². The summed E-state index contributed by atoms with van der Waals surface area (Å²) in [6.07, 6.45) is 1.94. The largest absolute Gasteiger partial charge is 0.333 e. The summed E-state index contributed by atoms with van der Waals surface area (Å²) in [5, 5.41) is 2.35. The van der Waals surface area contributed by atoms with Crippen LogP contribution in [0.15, 0.2) is 36.4 Å². The van der Waals surface area contributed by atoms with Gasteiger partial charge in [-0.05, 0) is 41.9 Å². The minimum absolute atomic E-state index is 0.269. The van der Waals surface area contributed by atoms with Gasteiger partial charge in [0.1, 0.15) is 6.29 Å². The molecule has 18 heavy (non-hydrogen) atoms. The summed E-state index contributed by atoms with van der Waals surface area (Å²) in [5.74, 6) is 0.435. The van der Waals surface area contributed by atoms with E-state index < -0.39 is 0 Å². The molecule has 2 aromatic carbocycles. The van der Waals surface area contributed by atoms with Crippen LogP contribution in [0.5, 0.6) is 0 Å². The predicted octanol–water partition coefficient (Wildman–Crippen LogP) is 2.04. The molecular weight excluding hydrogens is 224 g/mol. The van der Waals surface area contributed by atoms with Crippen LogP contribution in [0.4, 0.5) is 0 Å². The summed E-state index contributed by atoms with van der Waals surface area (Å²) in [6.45, 7) is 0. The number of carbonyl (C=O) groups is 1. The van der Waals surface area contributed by atoms with Crippen LogP contribution in [-0.4, -0.2) is 19.4 Å². The Labute approximate surface area is 107 Å². The van der Waals surface area contributed by atoms with E-state index in [0.717, 1.165) is 23.7 Å². The van der Waals surface area contributed by atoms with Crippen LogP contribution < -0.4 is 11.5 Å². The first-order valence-corrected chi connectivity index (χ1v) is 6.11. The number of nitrogens with two attached hydrogens (primary N) is 2. The Morgan fingerprint density at radius 3 is 2.50 bits per heavy atom. The second kappa shape index (κ2) is 5.29. The van der Waals surface area contributed by atoms with Crippen molar-refractivity contribution < 1.29 is 4.79 Å². The average Bonchev–Trinajstić information content (AvgIpc) is 3.16. The van der Waals surface area contributed by atoms with Crippen LogP contribution in [-0.2, 0) is 0 Å². The Morgan fingerprint density at radius 2 is 1.89 bits per heavy atom. The van der Waals surface area contributed by atoms with Gasteiger partial charge >= 0.3 is 0 Å². The van der Waals surface area contributed by atoms with E-state index in [1.165, 1.54) is 18.0 Å². The Hall–Kier alpha value is -1.71. The van der Waals surface area contributed by atoms with Crippen molar-refractivity contribution in [2.45, 2.75) is 18.4 Å². The Bertz CT molecular complexity index is 565. The van der Waals surface area contributed by atoms with Gasteiger partial charge in [0.2, 0.25) is 0 Å². The first-order chi connectivity index (χ1) is 8.79. The monoisotopic (exact) mass is 242 g/mol. The third-order valence-corrected chi connectivity index (χ3v) is 3.29. The van der Waals surface area contributed by atoms with E-state index in [2.05, 4.69) is 11.8 Å². The molecule has 0 bridgehead atoms. The zero-order valence-corrected chi connectivity index (χ0v) is 10.5. The number of rotatable bonds is 2. The van der Waals surface area contributed by atoms with Crippen LogP contribution in [0.25, 0.3) is 10.8 Å². The minimum atomic E-state index is 0.269. The number of hydrogen-bond acceptors (Lipinski definition) is 3. The Balaban J connectivity index is 0.000000574. The molecule has 3 rings (SSSR count). The number of fused-ring (bicyclic) bond motifs is 1. The Kier molecular flexibility index (Phi) is 3.75. The normalized spacial score (nSPS) is 21.1. The van der Waals surface area contributed by atoms with Crippen molar-refractivity contribution >= 4 is 17.1 Å². The van der Waals surface area contributed by atoms with Crippen LogP contribution in [0, 0.1) is 0 Å². The molecule has 0 aromatic heterocycles. The fourth-order valence-corrected chi connectivity index (χ4v) is 2.31. The van der Waals surface area contributed by atoms with Gasteiger partial charge in [-0.1, -0.05) is 24.3 Å². The molecule has 2 aromatic rings. The van der Waals surface area contributed by atoms with Gasteiger partial charge in [0, 0.05) is 17.5 Å². The van der Waals surface area contributed by atoms with Gasteiger partial charge in [-0.2, -0.15) is 0 Å². The third-order valence-electron chi connectivity index (χ3n) is 3.29. The smallest absolute Gasteiger partial charge is 0.150 e. The number of carbonyl (C=O) groups excluding carboxylic acids is 1. The van der Waals surface area contributed by atoms with E-state index in [-0.39, 0.29) is 6.04 Å². The number of hydrogen-bond donors (Lipinski definition) is 2. The number of benzene rings is 2. The van der Waals surface area contributed by atoms with E-state index in [1.54, 1.807) is 0 Å². The quantitative estimate of drug-likeness (QED) is 0.792. The lowest BCUT2D eigenvalue weighted by molar-refractivity contribution is 0.112. The molecule has 2 unspecified atom stereocenters. The molecule has 3 heteroatoms. The summed E-state index contributed by atoms with van der Waals surface area (Å²) in [7, 11) is 1.50. The van der Waals surface area contributed by atoms with Crippen molar-refractivity contribution in [2.75, 3.05) is 7.05 Å². The lowest BCUT2D eigenvalue weighted by atomic mass is 9.98. The van der Waals surface area contributed by atoms with Crippen molar-refractivity contribution in [2.24, 2.45) is 11.5 Å². The maximum Gasteiger partial charge on any atom is 0.150 e. The molecule has 1 aliphatic rings. The van der Waals surface area contributed by atoms with Crippen LogP contribution >= 0.6 is 0 Å². The maximum absolute atomic E-state index is 10.9. The molecule has 4 N–H and O–H groups in total. The van der Waals surface area contributed by atoms with Crippen LogP contribution in [0.1, 0.15) is 28.3 Å². The highest BCUT2D eigenvalue weighted by Gasteiger charge is 2.35. The molecule has 0 aliphatic heterocycles. The summed E-state index contributed by atoms with van der Waals surface area (Å²) >= 11 is 0. The third kappa shape index (κ3) is 2.28. The SMILES string of the molecule is CN.NC1CC1c1cc(C=O)cc2ccccc12. The summed E-state index contributed by atoms with van der Waals surface area (Å²) in [6, 6.07) is 12.3. The summed E-state index contributed by atoms with van der Waals surface area (Å²) in [5.41, 5.74) is 12.4. The molecule has 0 amide bonds. The molecular formula is C15H18N2O. The molecule has 0 radical (unpaired) electrons. The van der Waals surface area contributed by atoms with E-state index in [0.29, 0.717) is 5.92 Å². The fourth-order valence-electron chi connectivity index (χ4n) is 2.31. The van der Waals surface area contributed by atoms with Crippen molar-refractivity contribution in [1.29, 1.82) is 0 Å². The molecule has 1 fully saturated rings. The van der Waals surface area contributed by atoms with E-state index in [4.69, 9.17) is 5.73 Å². The molecule has 1 aliphatic carbocycles. The second-order valence-corrected chi connectivity index (χ2v) is 4.46. The van der Waals surface area contributed by atoms with Gasteiger partial charge in [-0.25, -0.2) is 0 Å². The zero-order chi connectivity index (χ0) is 13.1. The first kappa shape index (κ1) is 12.7. The van der Waals surface area contributed by atoms with Crippen molar-refractivity contribution in [3.63, 3.8) is 0 Å². The first-order valence-electron chi connectivity index (χ1n) is 6.11. The molecule has 0 saturated heterocycles. The van der Waals surface area contributed by atoms with Crippen molar-refractivity contribution in [1.82, 2.24) is 0 Å². The van der Waals surface area contributed by atoms with Gasteiger partial charge in [0.05, 0.1) is 0 Å².